The summed E-state index contributed by atoms with van der Waals surface area (Å²) in [7, 11) is -1.70. The van der Waals surface area contributed by atoms with Crippen LogP contribution in [0, 0.1) is 0 Å². The van der Waals surface area contributed by atoms with Crippen LogP contribution < -0.4 is 0 Å². The molecule has 0 fully saturated rings. The minimum atomic E-state index is -3.07. The smallest absolute Gasteiger partial charge is 0.353 e. The van der Waals surface area contributed by atoms with Crippen molar-refractivity contribution in [3.8, 4) is 0 Å². The maximum absolute atomic E-state index is 11.7. The summed E-state index contributed by atoms with van der Waals surface area (Å²) in [6.45, 7) is 7.55. The quantitative estimate of drug-likeness (QED) is 0.136. The Labute approximate surface area is 169 Å². The summed E-state index contributed by atoms with van der Waals surface area (Å²) >= 11 is 0. The van der Waals surface area contributed by atoms with Crippen LogP contribution in [0.4, 0.5) is 0 Å². The molecular formula is C22H45O4P. The van der Waals surface area contributed by atoms with Crippen molar-refractivity contribution in [2.24, 2.45) is 0 Å². The molecule has 0 aromatic rings. The van der Waals surface area contributed by atoms with Gasteiger partial charge >= 0.3 is 7.60 Å². The molecule has 27 heavy (non-hydrogen) atoms. The lowest BCUT2D eigenvalue weighted by atomic mass is 10.0. The molecule has 0 N–H and O–H groups in total. The maximum Gasteiger partial charge on any atom is 0.353 e. The Morgan fingerprint density at radius 1 is 0.704 bits per heavy atom. The molecule has 0 aromatic heterocycles. The van der Waals surface area contributed by atoms with Gasteiger partial charge in [0, 0.05) is 26.1 Å². The molecule has 0 aliphatic heterocycles. The summed E-state index contributed by atoms with van der Waals surface area (Å²) in [6, 6.07) is 0. The molecule has 0 aliphatic carbocycles. The fraction of sp³-hybridized carbons (Fsp3) is 0.909. The molecule has 0 saturated carbocycles. The van der Waals surface area contributed by atoms with Crippen LogP contribution in [-0.4, -0.2) is 26.9 Å². The van der Waals surface area contributed by atoms with Gasteiger partial charge in [0.05, 0.1) is 6.61 Å². The van der Waals surface area contributed by atoms with E-state index in [9.17, 15) is 4.57 Å². The van der Waals surface area contributed by atoms with Crippen molar-refractivity contribution in [1.29, 1.82) is 0 Å². The van der Waals surface area contributed by atoms with E-state index in [0.717, 1.165) is 19.4 Å². The first-order valence-electron chi connectivity index (χ1n) is 11.2. The summed E-state index contributed by atoms with van der Waals surface area (Å²) < 4.78 is 27.3. The van der Waals surface area contributed by atoms with Crippen molar-refractivity contribution in [2.75, 3.05) is 26.9 Å². The standard InChI is InChI=1S/C22H45O4P/c1-4-6-7-8-9-10-11-12-13-14-15-16-17-18-20-25-21-19-22-26-27(23,5-2)24-3/h5H,2,4,6-22H2,1,3H3/t27-/m0/s1. The van der Waals surface area contributed by atoms with Gasteiger partial charge in [0.15, 0.2) is 0 Å². The number of hydrogen-bond donors (Lipinski definition) is 0. The molecule has 4 nitrogen and oxygen atoms in total. The number of ether oxygens (including phenoxy) is 1. The molecular weight excluding hydrogens is 359 g/mol. The largest absolute Gasteiger partial charge is 0.381 e. The van der Waals surface area contributed by atoms with E-state index >= 15 is 0 Å². The van der Waals surface area contributed by atoms with Crippen molar-refractivity contribution in [1.82, 2.24) is 0 Å². The predicted molar refractivity (Wildman–Crippen MR) is 117 cm³/mol. The van der Waals surface area contributed by atoms with Crippen LogP contribution in [0.3, 0.4) is 0 Å². The maximum atomic E-state index is 11.7. The summed E-state index contributed by atoms with van der Waals surface area (Å²) in [5.74, 6) is 1.24. The van der Waals surface area contributed by atoms with Gasteiger partial charge in [-0.25, -0.2) is 0 Å². The van der Waals surface area contributed by atoms with Crippen LogP contribution in [0.1, 0.15) is 103 Å². The first-order valence-corrected chi connectivity index (χ1v) is 12.8. The van der Waals surface area contributed by atoms with Gasteiger partial charge in [-0.15, -0.1) is 0 Å². The molecule has 0 rings (SSSR count). The van der Waals surface area contributed by atoms with Gasteiger partial charge in [-0.2, -0.15) is 0 Å². The molecule has 0 heterocycles. The highest BCUT2D eigenvalue weighted by atomic mass is 31.2. The van der Waals surface area contributed by atoms with E-state index in [1.165, 1.54) is 96.4 Å². The highest BCUT2D eigenvalue weighted by molar-refractivity contribution is 7.57. The van der Waals surface area contributed by atoms with E-state index in [-0.39, 0.29) is 0 Å². The molecule has 0 spiro atoms. The van der Waals surface area contributed by atoms with Crippen LogP contribution in [0.15, 0.2) is 12.4 Å². The second-order valence-electron chi connectivity index (χ2n) is 7.30. The van der Waals surface area contributed by atoms with Crippen LogP contribution in [0.25, 0.3) is 0 Å². The topological polar surface area (TPSA) is 44.8 Å². The van der Waals surface area contributed by atoms with Crippen molar-refractivity contribution in [3.05, 3.63) is 12.4 Å². The Bertz CT molecular complexity index is 360. The molecule has 0 bridgehead atoms. The molecule has 0 unspecified atom stereocenters. The Morgan fingerprint density at radius 3 is 1.59 bits per heavy atom. The Balaban J connectivity index is 3.13. The third-order valence-electron chi connectivity index (χ3n) is 4.82. The van der Waals surface area contributed by atoms with Crippen LogP contribution in [0.2, 0.25) is 0 Å². The third-order valence-corrected chi connectivity index (χ3v) is 6.32. The average molecular weight is 405 g/mol. The van der Waals surface area contributed by atoms with Gasteiger partial charge in [0.25, 0.3) is 0 Å². The van der Waals surface area contributed by atoms with Crippen LogP contribution in [-0.2, 0) is 18.3 Å². The lowest BCUT2D eigenvalue weighted by Gasteiger charge is -2.11. The highest BCUT2D eigenvalue weighted by Crippen LogP contribution is 2.48. The first-order chi connectivity index (χ1) is 13.2. The van der Waals surface area contributed by atoms with Gasteiger partial charge in [0.2, 0.25) is 0 Å². The molecule has 0 aromatic carbocycles. The fourth-order valence-electron chi connectivity index (χ4n) is 3.03. The predicted octanol–water partition coefficient (Wildman–Crippen LogP) is 7.87. The van der Waals surface area contributed by atoms with E-state index in [1.807, 2.05) is 0 Å². The Hall–Kier alpha value is -0.150. The zero-order valence-electron chi connectivity index (χ0n) is 18.1. The van der Waals surface area contributed by atoms with Crippen molar-refractivity contribution >= 4 is 7.60 Å². The van der Waals surface area contributed by atoms with Crippen molar-refractivity contribution in [2.45, 2.75) is 103 Å². The van der Waals surface area contributed by atoms with Gasteiger partial charge in [-0.3, -0.25) is 4.57 Å². The molecule has 162 valence electrons. The normalized spacial score (nSPS) is 13.6. The van der Waals surface area contributed by atoms with Crippen LogP contribution in [0.5, 0.6) is 0 Å². The summed E-state index contributed by atoms with van der Waals surface area (Å²) in [4.78, 5) is 0. The average Bonchev–Trinajstić information content (AvgIpc) is 2.69. The molecule has 0 aliphatic rings. The second-order valence-corrected chi connectivity index (χ2v) is 9.37. The molecule has 1 atom stereocenters. The Kier molecular flexibility index (Phi) is 20.5. The van der Waals surface area contributed by atoms with Gasteiger partial charge in [-0.05, 0) is 12.8 Å². The Morgan fingerprint density at radius 2 is 1.15 bits per heavy atom. The number of rotatable bonds is 22. The minimum Gasteiger partial charge on any atom is -0.381 e. The molecule has 5 heteroatoms. The SMILES string of the molecule is C=C[P@](=O)(OC)OCCCOCCCCCCCCCCCCCCCC. The second kappa shape index (κ2) is 20.6. The summed E-state index contributed by atoms with van der Waals surface area (Å²) in [5.41, 5.74) is 0. The van der Waals surface area contributed by atoms with Gasteiger partial charge < -0.3 is 13.8 Å². The monoisotopic (exact) mass is 404 g/mol. The lowest BCUT2D eigenvalue weighted by Crippen LogP contribution is -2.01. The lowest BCUT2D eigenvalue weighted by molar-refractivity contribution is 0.113. The molecule has 0 amide bonds. The zero-order valence-corrected chi connectivity index (χ0v) is 19.0. The molecule has 0 radical (unpaired) electrons. The zero-order chi connectivity index (χ0) is 20.1. The fourth-order valence-corrected chi connectivity index (χ4v) is 3.78. The third kappa shape index (κ3) is 19.0. The van der Waals surface area contributed by atoms with E-state index in [0.29, 0.717) is 13.2 Å². The van der Waals surface area contributed by atoms with E-state index in [4.69, 9.17) is 13.8 Å². The van der Waals surface area contributed by atoms with Gasteiger partial charge in [0.1, 0.15) is 0 Å². The van der Waals surface area contributed by atoms with Crippen LogP contribution >= 0.6 is 7.60 Å². The van der Waals surface area contributed by atoms with E-state index in [2.05, 4.69) is 13.5 Å². The minimum absolute atomic E-state index is 0.371. The van der Waals surface area contributed by atoms with Crippen molar-refractivity contribution in [3.63, 3.8) is 0 Å². The number of unbranched alkanes of at least 4 members (excludes halogenated alkanes) is 13. The summed E-state index contributed by atoms with van der Waals surface area (Å²) in [6.07, 6.45) is 19.9. The molecule has 0 saturated heterocycles. The van der Waals surface area contributed by atoms with E-state index < -0.39 is 7.60 Å². The summed E-state index contributed by atoms with van der Waals surface area (Å²) in [5, 5.41) is 0. The van der Waals surface area contributed by atoms with E-state index in [1.54, 1.807) is 0 Å². The highest BCUT2D eigenvalue weighted by Gasteiger charge is 2.16. The van der Waals surface area contributed by atoms with Crippen molar-refractivity contribution < 1.29 is 18.3 Å². The first kappa shape index (κ1) is 26.9. The van der Waals surface area contributed by atoms with Gasteiger partial charge in [-0.1, -0.05) is 97.0 Å². The number of hydrogen-bond acceptors (Lipinski definition) is 4.